The molecule has 0 saturated heterocycles. The number of carbonyl (C=O) groups is 2. The van der Waals surface area contributed by atoms with Crippen molar-refractivity contribution in [1.29, 1.82) is 0 Å². The number of nitrogens with one attached hydrogen (secondary N) is 2. The van der Waals surface area contributed by atoms with Gasteiger partial charge in [-0.25, -0.2) is 4.79 Å². The lowest BCUT2D eigenvalue weighted by molar-refractivity contribution is -0.248. The Morgan fingerprint density at radius 2 is 1.67 bits per heavy atom. The number of amides is 3. The fourth-order valence-corrected chi connectivity index (χ4v) is 1.41. The second-order valence-electron chi connectivity index (χ2n) is 2.52. The van der Waals surface area contributed by atoms with Gasteiger partial charge in [-0.1, -0.05) is 23.2 Å². The van der Waals surface area contributed by atoms with Gasteiger partial charge in [0.1, 0.15) is 6.09 Å². The van der Waals surface area contributed by atoms with Gasteiger partial charge in [0.05, 0.1) is 0 Å². The Morgan fingerprint density at radius 3 is 2.13 bits per heavy atom. The molecule has 80 valence electrons. The normalized spacial score (nSPS) is 9.47. The van der Waals surface area contributed by atoms with E-state index < -0.39 is 12.1 Å². The third-order valence-corrected chi connectivity index (χ3v) is 1.77. The Morgan fingerprint density at radius 1 is 1.13 bits per heavy atom. The molecule has 2 N–H and O–H groups in total. The first kappa shape index (κ1) is 11.6. The molecule has 1 aromatic rings. The van der Waals surface area contributed by atoms with Crippen LogP contribution in [0, 0.1) is 0 Å². The summed E-state index contributed by atoms with van der Waals surface area (Å²) in [5.74, 6) is 0. The molecule has 5 nitrogen and oxygen atoms in total. The molecule has 0 unspecified atom stereocenters. The average Bonchev–Trinajstić information content (AvgIpc) is 1.98. The minimum atomic E-state index is -1.69. The molecule has 0 aromatic heterocycles. The van der Waals surface area contributed by atoms with Gasteiger partial charge in [-0.15, -0.1) is 0 Å². The summed E-state index contributed by atoms with van der Waals surface area (Å²) < 4.78 is 0. The van der Waals surface area contributed by atoms with Crippen molar-refractivity contribution in [2.75, 3.05) is 5.32 Å². The molecule has 0 radical (unpaired) electrons. The molecule has 0 saturated carbocycles. The zero-order chi connectivity index (χ0) is 11.4. The predicted octanol–water partition coefficient (Wildman–Crippen LogP) is 1.46. The Kier molecular flexibility index (Phi) is 3.76. The molecule has 0 aliphatic carbocycles. The van der Waals surface area contributed by atoms with E-state index >= 15 is 0 Å². The lowest BCUT2D eigenvalue weighted by Crippen LogP contribution is -2.42. The largest absolute Gasteiger partial charge is 0.530 e. The third kappa shape index (κ3) is 4.05. The molecule has 7 heteroatoms. The number of halogens is 2. The van der Waals surface area contributed by atoms with Gasteiger partial charge in [-0.05, 0) is 18.2 Å². The van der Waals surface area contributed by atoms with E-state index in [1.807, 2.05) is 0 Å². The highest BCUT2D eigenvalue weighted by Crippen LogP contribution is 2.22. The summed E-state index contributed by atoms with van der Waals surface area (Å²) in [6.07, 6.45) is -1.69. The van der Waals surface area contributed by atoms with Crippen LogP contribution in [0.15, 0.2) is 18.2 Å². The number of urea groups is 1. The molecule has 1 aromatic carbocycles. The minimum Gasteiger partial charge on any atom is -0.530 e. The van der Waals surface area contributed by atoms with Crippen LogP contribution in [-0.2, 0) is 0 Å². The monoisotopic (exact) mass is 247 g/mol. The lowest BCUT2D eigenvalue weighted by Gasteiger charge is -2.08. The summed E-state index contributed by atoms with van der Waals surface area (Å²) in [5, 5.41) is 14.4. The molecule has 15 heavy (non-hydrogen) atoms. The van der Waals surface area contributed by atoms with Crippen LogP contribution in [0.5, 0.6) is 0 Å². The first-order valence-corrected chi connectivity index (χ1v) is 4.48. The molecule has 0 atom stereocenters. The number of imide groups is 1. The SMILES string of the molecule is O=C([O-])NC(=O)Nc1cc(Cl)cc(Cl)c1. The van der Waals surface area contributed by atoms with Gasteiger partial charge < -0.3 is 15.2 Å². The van der Waals surface area contributed by atoms with Crippen LogP contribution in [0.1, 0.15) is 0 Å². The second kappa shape index (κ2) is 4.86. The Labute approximate surface area is 95.0 Å². The maximum absolute atomic E-state index is 10.9. The molecule has 0 heterocycles. The second-order valence-corrected chi connectivity index (χ2v) is 3.40. The van der Waals surface area contributed by atoms with Gasteiger partial charge in [0.25, 0.3) is 0 Å². The van der Waals surface area contributed by atoms with E-state index in [1.54, 1.807) is 0 Å². The van der Waals surface area contributed by atoms with Crippen LogP contribution in [0.25, 0.3) is 0 Å². The van der Waals surface area contributed by atoms with Crippen molar-refractivity contribution >= 4 is 41.0 Å². The zero-order valence-corrected chi connectivity index (χ0v) is 8.72. The van der Waals surface area contributed by atoms with Gasteiger partial charge in [0.2, 0.25) is 0 Å². The number of carboxylic acid groups (broad SMARTS) is 1. The average molecular weight is 248 g/mol. The molecule has 0 aliphatic rings. The van der Waals surface area contributed by atoms with Crippen molar-refractivity contribution in [3.63, 3.8) is 0 Å². The van der Waals surface area contributed by atoms with Crippen LogP contribution in [-0.4, -0.2) is 12.1 Å². The number of carbonyl (C=O) groups excluding carboxylic acids is 2. The van der Waals surface area contributed by atoms with E-state index in [9.17, 15) is 14.7 Å². The summed E-state index contributed by atoms with van der Waals surface area (Å²) >= 11 is 11.3. The van der Waals surface area contributed by atoms with Crippen LogP contribution in [0.2, 0.25) is 10.0 Å². The van der Waals surface area contributed by atoms with Crippen molar-refractivity contribution in [2.45, 2.75) is 0 Å². The van der Waals surface area contributed by atoms with Crippen LogP contribution in [0.3, 0.4) is 0 Å². The predicted molar refractivity (Wildman–Crippen MR) is 54.0 cm³/mol. The molecule has 3 amide bonds. The molecular weight excluding hydrogens is 243 g/mol. The smallest absolute Gasteiger partial charge is 0.324 e. The summed E-state index contributed by atoms with van der Waals surface area (Å²) in [6.45, 7) is 0. The van der Waals surface area contributed by atoms with E-state index in [1.165, 1.54) is 23.5 Å². The third-order valence-electron chi connectivity index (χ3n) is 1.34. The van der Waals surface area contributed by atoms with Crippen molar-refractivity contribution in [3.05, 3.63) is 28.2 Å². The Hall–Kier alpha value is -1.46. The van der Waals surface area contributed by atoms with Crippen molar-refractivity contribution in [3.8, 4) is 0 Å². The number of hydrogen-bond donors (Lipinski definition) is 2. The van der Waals surface area contributed by atoms with Crippen molar-refractivity contribution < 1.29 is 14.7 Å². The van der Waals surface area contributed by atoms with E-state index in [0.717, 1.165) is 0 Å². The zero-order valence-electron chi connectivity index (χ0n) is 7.21. The summed E-state index contributed by atoms with van der Waals surface area (Å²) in [6, 6.07) is 3.38. The van der Waals surface area contributed by atoms with E-state index in [0.29, 0.717) is 10.0 Å². The fraction of sp³-hybridized carbons (Fsp3) is 0. The number of anilines is 1. The first-order chi connectivity index (χ1) is 6.97. The summed E-state index contributed by atoms with van der Waals surface area (Å²) in [4.78, 5) is 20.9. The van der Waals surface area contributed by atoms with E-state index in [2.05, 4.69) is 5.32 Å². The van der Waals surface area contributed by atoms with Gasteiger partial charge in [0, 0.05) is 15.7 Å². The molecule has 0 bridgehead atoms. The molecule has 0 fully saturated rings. The number of rotatable bonds is 1. The molecular formula is C8H5Cl2N2O3-. The standard InChI is InChI=1S/C8H6Cl2N2O3/c9-4-1-5(10)3-6(2-4)11-7(13)12-8(14)15/h1-3H,(H,14,15)(H2,11,12,13)/p-1. The Bertz CT molecular complexity index is 389. The van der Waals surface area contributed by atoms with E-state index in [-0.39, 0.29) is 5.69 Å². The minimum absolute atomic E-state index is 0.284. The Balaban J connectivity index is 2.72. The van der Waals surface area contributed by atoms with Gasteiger partial charge in [-0.2, -0.15) is 0 Å². The summed E-state index contributed by atoms with van der Waals surface area (Å²) in [7, 11) is 0. The van der Waals surface area contributed by atoms with Crippen LogP contribution >= 0.6 is 23.2 Å². The van der Waals surface area contributed by atoms with Crippen LogP contribution in [0.4, 0.5) is 15.3 Å². The maximum atomic E-state index is 10.9. The van der Waals surface area contributed by atoms with Gasteiger partial charge >= 0.3 is 6.03 Å². The highest BCUT2D eigenvalue weighted by Gasteiger charge is 2.03. The van der Waals surface area contributed by atoms with Crippen molar-refractivity contribution in [2.24, 2.45) is 0 Å². The molecule has 0 spiro atoms. The fourth-order valence-electron chi connectivity index (χ4n) is 0.881. The quantitative estimate of drug-likeness (QED) is 0.789. The number of benzene rings is 1. The summed E-state index contributed by atoms with van der Waals surface area (Å²) in [5.41, 5.74) is 0.284. The maximum Gasteiger partial charge on any atom is 0.324 e. The van der Waals surface area contributed by atoms with E-state index in [4.69, 9.17) is 23.2 Å². The van der Waals surface area contributed by atoms with Gasteiger partial charge in [0.15, 0.2) is 0 Å². The topological polar surface area (TPSA) is 81.3 Å². The van der Waals surface area contributed by atoms with Gasteiger partial charge in [-0.3, -0.25) is 5.32 Å². The lowest BCUT2D eigenvalue weighted by atomic mass is 10.3. The highest BCUT2D eigenvalue weighted by molar-refractivity contribution is 6.35. The molecule has 1 rings (SSSR count). The van der Waals surface area contributed by atoms with Crippen molar-refractivity contribution in [1.82, 2.24) is 5.32 Å². The highest BCUT2D eigenvalue weighted by atomic mass is 35.5. The van der Waals surface area contributed by atoms with Crippen LogP contribution < -0.4 is 15.7 Å². The molecule has 0 aliphatic heterocycles. The first-order valence-electron chi connectivity index (χ1n) is 3.72. The number of hydrogen-bond acceptors (Lipinski definition) is 3.